The van der Waals surface area contributed by atoms with Gasteiger partial charge in [-0.2, -0.15) is 0 Å². The van der Waals surface area contributed by atoms with Crippen molar-refractivity contribution in [2.45, 2.75) is 18.9 Å². The minimum atomic E-state index is -0.972. The number of rotatable bonds is 5. The van der Waals surface area contributed by atoms with Crippen LogP contribution >= 0.6 is 0 Å². The largest absolute Gasteiger partial charge is 0.367 e. The number of anilines is 1. The Hall–Kier alpha value is -3.75. The molecule has 5 rings (SSSR count). The molecule has 3 aromatic rings. The Labute approximate surface area is 194 Å². The molecule has 176 valence electrons. The highest BCUT2D eigenvalue weighted by atomic mass is 19.2. The molecule has 1 aliphatic carbocycles. The number of hydrogen-bond donors (Lipinski definition) is 2. The van der Waals surface area contributed by atoms with E-state index in [1.54, 1.807) is 29.2 Å². The summed E-state index contributed by atoms with van der Waals surface area (Å²) >= 11 is 0. The van der Waals surface area contributed by atoms with Crippen molar-refractivity contribution in [1.82, 2.24) is 15.2 Å². The average molecular weight is 466 g/mol. The molecule has 1 saturated carbocycles. The summed E-state index contributed by atoms with van der Waals surface area (Å²) in [6.45, 7) is 1.16. The van der Waals surface area contributed by atoms with Gasteiger partial charge in [-0.05, 0) is 37.0 Å². The summed E-state index contributed by atoms with van der Waals surface area (Å²) in [5, 5.41) is 3.52. The van der Waals surface area contributed by atoms with Crippen molar-refractivity contribution in [2.24, 2.45) is 5.92 Å². The second kappa shape index (κ2) is 8.89. The van der Waals surface area contributed by atoms with E-state index in [4.69, 9.17) is 0 Å². The Balaban J connectivity index is 1.46. The quantitative estimate of drug-likeness (QED) is 0.606. The van der Waals surface area contributed by atoms with Crippen LogP contribution < -0.4 is 15.8 Å². The smallest absolute Gasteiger partial charge is 0.255 e. The first-order valence-corrected chi connectivity index (χ1v) is 11.3. The number of aromatic amines is 1. The number of benzene rings is 2. The van der Waals surface area contributed by atoms with Gasteiger partial charge in [0.25, 0.3) is 5.91 Å². The first kappa shape index (κ1) is 22.1. The third-order valence-electron chi connectivity index (χ3n) is 6.46. The molecule has 2 aliphatic rings. The number of nitrogens with one attached hydrogen (secondary N) is 2. The molecule has 9 heteroatoms. The summed E-state index contributed by atoms with van der Waals surface area (Å²) < 4.78 is 27.3. The van der Waals surface area contributed by atoms with Gasteiger partial charge in [0.05, 0.1) is 5.56 Å². The summed E-state index contributed by atoms with van der Waals surface area (Å²) in [5.41, 5.74) is 0.791. The van der Waals surface area contributed by atoms with Crippen LogP contribution in [0.1, 0.15) is 23.2 Å². The van der Waals surface area contributed by atoms with E-state index in [0.717, 1.165) is 25.0 Å². The predicted octanol–water partition coefficient (Wildman–Crippen LogP) is 2.66. The van der Waals surface area contributed by atoms with Crippen molar-refractivity contribution < 1.29 is 18.4 Å². The Morgan fingerprint density at radius 1 is 1.03 bits per heavy atom. The molecule has 34 heavy (non-hydrogen) atoms. The highest BCUT2D eigenvalue weighted by Gasteiger charge is 2.37. The monoisotopic (exact) mass is 466 g/mol. The van der Waals surface area contributed by atoms with Crippen LogP contribution in [0.4, 0.5) is 14.5 Å². The number of fused-ring (bicyclic) bond motifs is 1. The molecule has 1 saturated heterocycles. The SMILES string of the molecule is O=C(NCC1CC1)C1CN(c2ccc(F)c(F)c2)CCN1C(=O)c1cc(=O)[nH]c2ccccc12. The zero-order valence-corrected chi connectivity index (χ0v) is 18.4. The molecule has 2 N–H and O–H groups in total. The molecule has 2 fully saturated rings. The van der Waals surface area contributed by atoms with Gasteiger partial charge in [-0.15, -0.1) is 0 Å². The van der Waals surface area contributed by atoms with Crippen LogP contribution in [-0.2, 0) is 4.79 Å². The highest BCUT2D eigenvalue weighted by Crippen LogP contribution is 2.28. The molecule has 1 aliphatic heterocycles. The van der Waals surface area contributed by atoms with Gasteiger partial charge in [0, 0.05) is 54.9 Å². The Morgan fingerprint density at radius 3 is 2.59 bits per heavy atom. The number of nitrogens with zero attached hydrogens (tertiary/aromatic N) is 2. The second-order valence-corrected chi connectivity index (χ2v) is 8.84. The van der Waals surface area contributed by atoms with Gasteiger partial charge in [0.15, 0.2) is 11.6 Å². The molecule has 2 heterocycles. The first-order valence-electron chi connectivity index (χ1n) is 11.3. The fourth-order valence-electron chi connectivity index (χ4n) is 4.39. The topological polar surface area (TPSA) is 85.5 Å². The number of para-hydroxylation sites is 1. The summed E-state index contributed by atoms with van der Waals surface area (Å²) in [6.07, 6.45) is 2.13. The lowest BCUT2D eigenvalue weighted by Crippen LogP contribution is -2.61. The van der Waals surface area contributed by atoms with E-state index >= 15 is 0 Å². The molecule has 2 aromatic carbocycles. The van der Waals surface area contributed by atoms with Gasteiger partial charge < -0.3 is 20.1 Å². The van der Waals surface area contributed by atoms with Crippen molar-refractivity contribution in [2.75, 3.05) is 31.1 Å². The normalized spacial score (nSPS) is 18.2. The fourth-order valence-corrected chi connectivity index (χ4v) is 4.39. The maximum Gasteiger partial charge on any atom is 0.255 e. The number of pyridine rings is 1. The molecule has 1 aromatic heterocycles. The number of carbonyl (C=O) groups is 2. The van der Waals surface area contributed by atoms with Crippen LogP contribution in [0.25, 0.3) is 10.9 Å². The van der Waals surface area contributed by atoms with Crippen molar-refractivity contribution in [1.29, 1.82) is 0 Å². The zero-order valence-electron chi connectivity index (χ0n) is 18.4. The summed E-state index contributed by atoms with van der Waals surface area (Å²) in [6, 6.07) is 11.0. The minimum Gasteiger partial charge on any atom is -0.367 e. The van der Waals surface area contributed by atoms with Crippen LogP contribution in [0.15, 0.2) is 53.3 Å². The summed E-state index contributed by atoms with van der Waals surface area (Å²) in [4.78, 5) is 45.0. The van der Waals surface area contributed by atoms with Crippen LogP contribution in [0.3, 0.4) is 0 Å². The molecule has 0 spiro atoms. The molecule has 0 radical (unpaired) electrons. The van der Waals surface area contributed by atoms with Gasteiger partial charge in [-0.1, -0.05) is 18.2 Å². The van der Waals surface area contributed by atoms with Gasteiger partial charge >= 0.3 is 0 Å². The van der Waals surface area contributed by atoms with Gasteiger partial charge in [-0.3, -0.25) is 14.4 Å². The number of hydrogen-bond acceptors (Lipinski definition) is 4. The predicted molar refractivity (Wildman–Crippen MR) is 124 cm³/mol. The average Bonchev–Trinajstić information content (AvgIpc) is 3.67. The maximum absolute atomic E-state index is 13.8. The number of amides is 2. The molecule has 1 atom stereocenters. The van der Waals surface area contributed by atoms with Crippen LogP contribution in [0, 0.1) is 17.6 Å². The number of piperazine rings is 1. The number of halogens is 2. The van der Waals surface area contributed by atoms with E-state index in [-0.39, 0.29) is 24.6 Å². The van der Waals surface area contributed by atoms with Crippen LogP contribution in [0.5, 0.6) is 0 Å². The maximum atomic E-state index is 13.8. The third kappa shape index (κ3) is 4.37. The number of H-pyrrole nitrogens is 1. The minimum absolute atomic E-state index is 0.119. The lowest BCUT2D eigenvalue weighted by molar-refractivity contribution is -0.125. The van der Waals surface area contributed by atoms with Crippen LogP contribution in [-0.4, -0.2) is 53.9 Å². The lowest BCUT2D eigenvalue weighted by atomic mass is 10.0. The number of aromatic nitrogens is 1. The molecule has 2 amide bonds. The zero-order chi connectivity index (χ0) is 23.8. The Morgan fingerprint density at radius 2 is 1.82 bits per heavy atom. The molecular weight excluding hydrogens is 442 g/mol. The van der Waals surface area contributed by atoms with Gasteiger partial charge in [0.1, 0.15) is 6.04 Å². The van der Waals surface area contributed by atoms with E-state index in [2.05, 4.69) is 10.3 Å². The summed E-state index contributed by atoms with van der Waals surface area (Å²) in [5.74, 6) is -2.19. The first-order chi connectivity index (χ1) is 16.4. The van der Waals surface area contributed by atoms with Crippen molar-refractivity contribution in [3.05, 3.63) is 76.1 Å². The van der Waals surface area contributed by atoms with E-state index in [9.17, 15) is 23.2 Å². The van der Waals surface area contributed by atoms with Crippen molar-refractivity contribution >= 4 is 28.4 Å². The Bertz CT molecular complexity index is 1320. The fraction of sp³-hybridized carbons (Fsp3) is 0.320. The molecule has 1 unspecified atom stereocenters. The van der Waals surface area contributed by atoms with E-state index < -0.39 is 29.1 Å². The van der Waals surface area contributed by atoms with Gasteiger partial charge in [0.2, 0.25) is 11.5 Å². The molecular formula is C25H24F2N4O3. The molecule has 0 bridgehead atoms. The van der Waals surface area contributed by atoms with Gasteiger partial charge in [-0.25, -0.2) is 8.78 Å². The van der Waals surface area contributed by atoms with Crippen molar-refractivity contribution in [3.63, 3.8) is 0 Å². The standard InChI is InChI=1S/C25H24F2N4O3/c26-19-8-7-16(11-20(19)27)30-9-10-31(22(14-30)24(33)28-13-15-5-6-15)25(34)18-12-23(32)29-21-4-2-1-3-17(18)21/h1-4,7-8,11-12,15,22H,5-6,9-10,13-14H2,(H,28,33)(H,29,32). The lowest BCUT2D eigenvalue weighted by Gasteiger charge is -2.41. The summed E-state index contributed by atoms with van der Waals surface area (Å²) in [7, 11) is 0. The van der Waals surface area contributed by atoms with Crippen LogP contribution in [0.2, 0.25) is 0 Å². The highest BCUT2D eigenvalue weighted by molar-refractivity contribution is 6.07. The van der Waals surface area contributed by atoms with Crippen molar-refractivity contribution in [3.8, 4) is 0 Å². The van der Waals surface area contributed by atoms with E-state index in [1.807, 2.05) is 0 Å². The third-order valence-corrected chi connectivity index (χ3v) is 6.46. The Kier molecular flexibility index (Phi) is 5.77. The molecule has 7 nitrogen and oxygen atoms in total. The second-order valence-electron chi connectivity index (χ2n) is 8.84. The number of carbonyl (C=O) groups excluding carboxylic acids is 2. The van der Waals surface area contributed by atoms with E-state index in [1.165, 1.54) is 17.0 Å². The van der Waals surface area contributed by atoms with E-state index in [0.29, 0.717) is 35.6 Å².